The average Bonchev–Trinajstić information content (AvgIpc) is 2.33. The highest BCUT2D eigenvalue weighted by Gasteiger charge is 2.15. The molecule has 0 saturated carbocycles. The van der Waals surface area contributed by atoms with E-state index in [1.54, 1.807) is 0 Å². The zero-order chi connectivity index (χ0) is 14.7. The summed E-state index contributed by atoms with van der Waals surface area (Å²) in [6.07, 6.45) is 10.6. The van der Waals surface area contributed by atoms with Crippen LogP contribution in [0.25, 0.3) is 0 Å². The fourth-order valence-electron chi connectivity index (χ4n) is 2.46. The third kappa shape index (κ3) is 11.0. The summed E-state index contributed by atoms with van der Waals surface area (Å²) in [6, 6.07) is 0. The second-order valence-corrected chi connectivity index (χ2v) is 6.18. The van der Waals surface area contributed by atoms with Gasteiger partial charge in [-0.25, -0.2) is 0 Å². The number of hydrogen-bond donors (Lipinski definition) is 0. The molecule has 0 rings (SSSR count). The first kappa shape index (κ1) is 18.5. The Bertz CT molecular complexity index is 225. The third-order valence-corrected chi connectivity index (χ3v) is 4.06. The average molecular weight is 270 g/mol. The predicted octanol–water partition coefficient (Wildman–Crippen LogP) is 5.35. The molecule has 0 bridgehead atoms. The van der Waals surface area contributed by atoms with Crippen LogP contribution < -0.4 is 0 Å². The largest absolute Gasteiger partial charge is 0.463 e. The van der Waals surface area contributed by atoms with Crippen molar-refractivity contribution in [2.24, 2.45) is 11.8 Å². The minimum Gasteiger partial charge on any atom is -0.463 e. The molecule has 0 aromatic carbocycles. The molecule has 0 spiro atoms. The van der Waals surface area contributed by atoms with Crippen molar-refractivity contribution in [3.05, 3.63) is 0 Å². The minimum absolute atomic E-state index is 0.0531. The standard InChI is InChI=1S/C17H34O2/c1-6-7-8-9-11-14(2)12-10-13-15(3)16(4)19-17(5)18/h14-16H,6-13H2,1-5H3/t14-,15+,16-/m0/s1. The van der Waals surface area contributed by atoms with E-state index in [0.717, 1.165) is 12.3 Å². The number of hydrogen-bond acceptors (Lipinski definition) is 2. The monoisotopic (exact) mass is 270 g/mol. The molecular weight excluding hydrogens is 236 g/mol. The van der Waals surface area contributed by atoms with Gasteiger partial charge in [0.05, 0.1) is 0 Å². The van der Waals surface area contributed by atoms with E-state index in [1.807, 2.05) is 6.92 Å². The molecule has 0 N–H and O–H groups in total. The van der Waals surface area contributed by atoms with Crippen LogP contribution in [0.4, 0.5) is 0 Å². The Kier molecular flexibility index (Phi) is 11.0. The van der Waals surface area contributed by atoms with Gasteiger partial charge >= 0.3 is 5.97 Å². The molecule has 0 fully saturated rings. The van der Waals surface area contributed by atoms with Gasteiger partial charge in [0.2, 0.25) is 0 Å². The normalized spacial score (nSPS) is 15.8. The van der Waals surface area contributed by atoms with Crippen molar-refractivity contribution >= 4 is 5.97 Å². The number of esters is 1. The highest BCUT2D eigenvalue weighted by Crippen LogP contribution is 2.20. The van der Waals surface area contributed by atoms with E-state index in [9.17, 15) is 4.79 Å². The molecule has 0 aromatic heterocycles. The van der Waals surface area contributed by atoms with E-state index in [4.69, 9.17) is 4.74 Å². The summed E-state index contributed by atoms with van der Waals surface area (Å²) >= 11 is 0. The lowest BCUT2D eigenvalue weighted by molar-refractivity contribution is -0.147. The van der Waals surface area contributed by atoms with E-state index in [2.05, 4.69) is 20.8 Å². The highest BCUT2D eigenvalue weighted by atomic mass is 16.5. The van der Waals surface area contributed by atoms with Crippen molar-refractivity contribution in [2.75, 3.05) is 0 Å². The second kappa shape index (κ2) is 11.3. The molecule has 0 heterocycles. The Balaban J connectivity index is 3.57. The van der Waals surface area contributed by atoms with Crippen molar-refractivity contribution < 1.29 is 9.53 Å². The Labute approximate surface area is 120 Å². The Hall–Kier alpha value is -0.530. The molecule has 3 atom stereocenters. The van der Waals surface area contributed by atoms with Gasteiger partial charge in [-0.3, -0.25) is 4.79 Å². The smallest absolute Gasteiger partial charge is 0.302 e. The van der Waals surface area contributed by atoms with Gasteiger partial charge in [-0.1, -0.05) is 65.7 Å². The van der Waals surface area contributed by atoms with Gasteiger partial charge in [0.1, 0.15) is 6.10 Å². The van der Waals surface area contributed by atoms with Gasteiger partial charge in [-0.2, -0.15) is 0 Å². The first-order valence-corrected chi connectivity index (χ1v) is 8.14. The molecule has 0 aliphatic carbocycles. The van der Waals surface area contributed by atoms with E-state index in [1.165, 1.54) is 51.9 Å². The molecule has 114 valence electrons. The van der Waals surface area contributed by atoms with Crippen LogP contribution in [0.5, 0.6) is 0 Å². The Morgan fingerprint density at radius 2 is 1.58 bits per heavy atom. The number of carbonyl (C=O) groups excluding carboxylic acids is 1. The minimum atomic E-state index is -0.163. The van der Waals surface area contributed by atoms with Crippen molar-refractivity contribution in [3.63, 3.8) is 0 Å². The van der Waals surface area contributed by atoms with Crippen molar-refractivity contribution in [3.8, 4) is 0 Å². The fourth-order valence-corrected chi connectivity index (χ4v) is 2.46. The van der Waals surface area contributed by atoms with Crippen LogP contribution in [0, 0.1) is 11.8 Å². The van der Waals surface area contributed by atoms with Crippen molar-refractivity contribution in [2.45, 2.75) is 92.1 Å². The summed E-state index contributed by atoms with van der Waals surface area (Å²) in [5, 5.41) is 0. The van der Waals surface area contributed by atoms with Crippen LogP contribution in [-0.2, 0) is 9.53 Å². The van der Waals surface area contributed by atoms with Crippen LogP contribution >= 0.6 is 0 Å². The maximum Gasteiger partial charge on any atom is 0.302 e. The maximum absolute atomic E-state index is 10.9. The topological polar surface area (TPSA) is 26.3 Å². The molecule has 2 nitrogen and oxygen atoms in total. The molecule has 0 aliphatic heterocycles. The summed E-state index contributed by atoms with van der Waals surface area (Å²) in [7, 11) is 0. The second-order valence-electron chi connectivity index (χ2n) is 6.18. The van der Waals surface area contributed by atoms with Gasteiger partial charge in [0.25, 0.3) is 0 Å². The molecular formula is C17H34O2. The van der Waals surface area contributed by atoms with Crippen LogP contribution in [0.3, 0.4) is 0 Å². The lowest BCUT2D eigenvalue weighted by Crippen LogP contribution is -2.20. The SMILES string of the molecule is CCCCCC[C@H](C)CCC[C@@H](C)[C@H](C)OC(C)=O. The lowest BCUT2D eigenvalue weighted by atomic mass is 9.93. The Morgan fingerprint density at radius 1 is 0.947 bits per heavy atom. The summed E-state index contributed by atoms with van der Waals surface area (Å²) in [5.74, 6) is 1.15. The number of rotatable bonds is 11. The molecule has 0 amide bonds. The number of carbonyl (C=O) groups is 1. The molecule has 19 heavy (non-hydrogen) atoms. The maximum atomic E-state index is 10.9. The summed E-state index contributed by atoms with van der Waals surface area (Å²) in [5.41, 5.74) is 0. The molecule has 0 aromatic rings. The van der Waals surface area contributed by atoms with Crippen molar-refractivity contribution in [1.82, 2.24) is 0 Å². The molecule has 0 unspecified atom stereocenters. The fraction of sp³-hybridized carbons (Fsp3) is 0.941. The van der Waals surface area contributed by atoms with Crippen LogP contribution in [0.2, 0.25) is 0 Å². The summed E-state index contributed by atoms with van der Waals surface area (Å²) in [4.78, 5) is 10.9. The van der Waals surface area contributed by atoms with E-state index < -0.39 is 0 Å². The quantitative estimate of drug-likeness (QED) is 0.373. The van der Waals surface area contributed by atoms with Gasteiger partial charge < -0.3 is 4.74 Å². The van der Waals surface area contributed by atoms with Crippen LogP contribution in [0.1, 0.15) is 86.0 Å². The van der Waals surface area contributed by atoms with Gasteiger partial charge in [-0.05, 0) is 25.2 Å². The highest BCUT2D eigenvalue weighted by molar-refractivity contribution is 5.66. The predicted molar refractivity (Wildman–Crippen MR) is 82.2 cm³/mol. The zero-order valence-corrected chi connectivity index (χ0v) is 13.7. The Morgan fingerprint density at radius 3 is 2.16 bits per heavy atom. The van der Waals surface area contributed by atoms with Crippen LogP contribution in [0.15, 0.2) is 0 Å². The van der Waals surface area contributed by atoms with Gasteiger partial charge in [-0.15, -0.1) is 0 Å². The van der Waals surface area contributed by atoms with E-state index in [0.29, 0.717) is 5.92 Å². The van der Waals surface area contributed by atoms with E-state index >= 15 is 0 Å². The molecule has 0 radical (unpaired) electrons. The lowest BCUT2D eigenvalue weighted by Gasteiger charge is -2.20. The zero-order valence-electron chi connectivity index (χ0n) is 13.7. The molecule has 2 heteroatoms. The van der Waals surface area contributed by atoms with Crippen LogP contribution in [-0.4, -0.2) is 12.1 Å². The van der Waals surface area contributed by atoms with E-state index in [-0.39, 0.29) is 12.1 Å². The molecule has 0 saturated heterocycles. The summed E-state index contributed by atoms with van der Waals surface area (Å²) in [6.45, 7) is 10.3. The van der Waals surface area contributed by atoms with Gasteiger partial charge in [0, 0.05) is 6.92 Å². The number of ether oxygens (including phenoxy) is 1. The molecule has 0 aliphatic rings. The first-order valence-electron chi connectivity index (χ1n) is 8.14. The first-order chi connectivity index (χ1) is 8.97. The van der Waals surface area contributed by atoms with Gasteiger partial charge in [0.15, 0.2) is 0 Å². The third-order valence-electron chi connectivity index (χ3n) is 4.06. The van der Waals surface area contributed by atoms with Crippen molar-refractivity contribution in [1.29, 1.82) is 0 Å². The number of unbranched alkanes of at least 4 members (excludes halogenated alkanes) is 3. The summed E-state index contributed by atoms with van der Waals surface area (Å²) < 4.78 is 5.22.